The summed E-state index contributed by atoms with van der Waals surface area (Å²) in [5.74, 6) is -0.866. The molecule has 0 aliphatic carbocycles. The van der Waals surface area contributed by atoms with Gasteiger partial charge in [0.2, 0.25) is 0 Å². The first-order valence-corrected chi connectivity index (χ1v) is 9.34. The molecule has 1 aliphatic heterocycles. The molecule has 9 nitrogen and oxygen atoms in total. The second-order valence-electron chi connectivity index (χ2n) is 6.28. The van der Waals surface area contributed by atoms with Gasteiger partial charge in [-0.15, -0.1) is 16.4 Å². The molecule has 0 spiro atoms. The number of amides is 3. The number of rotatable bonds is 5. The minimum absolute atomic E-state index is 0.355. The number of halogens is 1. The van der Waals surface area contributed by atoms with E-state index < -0.39 is 17.5 Å². The summed E-state index contributed by atoms with van der Waals surface area (Å²) in [4.78, 5) is 39.2. The van der Waals surface area contributed by atoms with Crippen LogP contribution in [0.25, 0.3) is 5.69 Å². The van der Waals surface area contributed by atoms with Gasteiger partial charge in [-0.1, -0.05) is 23.7 Å². The van der Waals surface area contributed by atoms with Crippen molar-refractivity contribution in [1.82, 2.24) is 30.4 Å². The molecule has 3 amide bonds. The number of thiophene rings is 1. The molecule has 3 heterocycles. The summed E-state index contributed by atoms with van der Waals surface area (Å²) < 4.78 is 1.90. The molecule has 28 heavy (non-hydrogen) atoms. The first kappa shape index (κ1) is 18.3. The lowest BCUT2D eigenvalue weighted by Gasteiger charge is -2.22. The maximum absolute atomic E-state index is 13.0. The highest BCUT2D eigenvalue weighted by atomic mass is 35.5. The average molecular weight is 417 g/mol. The van der Waals surface area contributed by atoms with Crippen LogP contribution >= 0.6 is 22.9 Å². The van der Waals surface area contributed by atoms with Crippen molar-refractivity contribution in [2.24, 2.45) is 0 Å². The second kappa shape index (κ2) is 6.80. The van der Waals surface area contributed by atoms with Crippen molar-refractivity contribution < 1.29 is 14.4 Å². The Labute approximate surface area is 167 Å². The Morgan fingerprint density at radius 3 is 2.79 bits per heavy atom. The highest BCUT2D eigenvalue weighted by molar-refractivity contribution is 7.18. The van der Waals surface area contributed by atoms with Gasteiger partial charge in [0.05, 0.1) is 21.4 Å². The van der Waals surface area contributed by atoms with Crippen molar-refractivity contribution in [2.75, 3.05) is 6.54 Å². The Morgan fingerprint density at radius 2 is 2.11 bits per heavy atom. The summed E-state index contributed by atoms with van der Waals surface area (Å²) in [5, 5.41) is 13.7. The van der Waals surface area contributed by atoms with Crippen molar-refractivity contribution in [3.63, 3.8) is 0 Å². The van der Waals surface area contributed by atoms with Crippen molar-refractivity contribution in [3.05, 3.63) is 57.5 Å². The number of benzene rings is 1. The number of nitrogens with zero attached hydrogens (tertiary/aromatic N) is 5. The van der Waals surface area contributed by atoms with Crippen LogP contribution in [0.4, 0.5) is 4.79 Å². The molecule has 1 aliphatic rings. The van der Waals surface area contributed by atoms with E-state index in [0.29, 0.717) is 20.5 Å². The van der Waals surface area contributed by atoms with E-state index in [1.165, 1.54) is 11.0 Å². The molecule has 142 valence electrons. The van der Waals surface area contributed by atoms with E-state index in [9.17, 15) is 14.4 Å². The van der Waals surface area contributed by atoms with Crippen LogP contribution in [0.1, 0.15) is 22.2 Å². The number of hydrogen-bond donors (Lipinski definition) is 1. The smallest absolute Gasteiger partial charge is 0.319 e. The number of imide groups is 1. The van der Waals surface area contributed by atoms with Gasteiger partial charge in [-0.25, -0.2) is 9.48 Å². The lowest BCUT2D eigenvalue weighted by atomic mass is 9.91. The van der Waals surface area contributed by atoms with Crippen LogP contribution < -0.4 is 5.32 Å². The monoisotopic (exact) mass is 416 g/mol. The zero-order valence-electron chi connectivity index (χ0n) is 14.5. The summed E-state index contributed by atoms with van der Waals surface area (Å²) in [6.07, 6.45) is 1.42. The number of urea groups is 1. The van der Waals surface area contributed by atoms with Gasteiger partial charge >= 0.3 is 6.03 Å². The lowest BCUT2D eigenvalue weighted by molar-refractivity contribution is -0.130. The van der Waals surface area contributed by atoms with Gasteiger partial charge in [0.25, 0.3) is 5.91 Å². The second-order valence-corrected chi connectivity index (χ2v) is 7.99. The number of aromatic nitrogens is 4. The van der Waals surface area contributed by atoms with Crippen LogP contribution in [-0.2, 0) is 10.3 Å². The normalized spacial score (nSPS) is 19.1. The molecule has 1 N–H and O–H groups in total. The fourth-order valence-corrected chi connectivity index (χ4v) is 3.93. The summed E-state index contributed by atoms with van der Waals surface area (Å²) in [7, 11) is 0. The summed E-state index contributed by atoms with van der Waals surface area (Å²) in [5.41, 5.74) is -0.129. The molecule has 1 atom stereocenters. The van der Waals surface area contributed by atoms with Gasteiger partial charge in [0.15, 0.2) is 5.78 Å². The minimum atomic E-state index is -1.31. The van der Waals surface area contributed by atoms with Gasteiger partial charge in [-0.2, -0.15) is 0 Å². The number of nitrogens with one attached hydrogen (secondary N) is 1. The van der Waals surface area contributed by atoms with Crippen LogP contribution in [-0.4, -0.2) is 49.4 Å². The van der Waals surface area contributed by atoms with E-state index in [4.69, 9.17) is 11.6 Å². The average Bonchev–Trinajstić information content (AvgIpc) is 3.40. The third-order valence-electron chi connectivity index (χ3n) is 4.46. The number of hydrogen-bond acceptors (Lipinski definition) is 7. The molecule has 0 bridgehead atoms. The number of carbonyl (C=O) groups excluding carboxylic acids is 3. The Kier molecular flexibility index (Phi) is 4.44. The third kappa shape index (κ3) is 3.06. The van der Waals surface area contributed by atoms with Gasteiger partial charge in [0, 0.05) is 0 Å². The fraction of sp³-hybridized carbons (Fsp3) is 0.176. The van der Waals surface area contributed by atoms with Crippen LogP contribution in [0.15, 0.2) is 42.7 Å². The molecule has 1 unspecified atom stereocenters. The molecule has 1 fully saturated rings. The molecule has 0 radical (unpaired) electrons. The minimum Gasteiger partial charge on any atom is -0.319 e. The van der Waals surface area contributed by atoms with Gasteiger partial charge in [-0.05, 0) is 47.2 Å². The summed E-state index contributed by atoms with van der Waals surface area (Å²) in [6.45, 7) is 1.24. The van der Waals surface area contributed by atoms with Crippen molar-refractivity contribution >= 4 is 40.7 Å². The zero-order chi connectivity index (χ0) is 19.9. The van der Waals surface area contributed by atoms with E-state index in [0.717, 1.165) is 16.2 Å². The predicted octanol–water partition coefficient (Wildman–Crippen LogP) is 2.03. The third-order valence-corrected chi connectivity index (χ3v) is 5.73. The van der Waals surface area contributed by atoms with E-state index in [2.05, 4.69) is 20.8 Å². The zero-order valence-corrected chi connectivity index (χ0v) is 16.1. The first-order valence-electron chi connectivity index (χ1n) is 8.15. The Hall–Kier alpha value is -3.11. The molecular formula is C17H13ClN6O3S. The Morgan fingerprint density at radius 1 is 1.29 bits per heavy atom. The maximum Gasteiger partial charge on any atom is 0.325 e. The molecule has 2 aromatic heterocycles. The Balaban J connectivity index is 1.61. The number of carbonyl (C=O) groups is 3. The molecule has 0 saturated carbocycles. The van der Waals surface area contributed by atoms with Crippen LogP contribution in [0.3, 0.4) is 0 Å². The number of ketones is 1. The van der Waals surface area contributed by atoms with Crippen LogP contribution in [0.2, 0.25) is 4.34 Å². The lowest BCUT2D eigenvalue weighted by Crippen LogP contribution is -2.41. The van der Waals surface area contributed by atoms with Crippen LogP contribution in [0, 0.1) is 0 Å². The van der Waals surface area contributed by atoms with E-state index >= 15 is 0 Å². The van der Waals surface area contributed by atoms with Gasteiger partial charge in [-0.3, -0.25) is 14.5 Å². The highest BCUT2D eigenvalue weighted by Gasteiger charge is 2.49. The summed E-state index contributed by atoms with van der Waals surface area (Å²) in [6, 6.07) is 9.47. The molecule has 4 rings (SSSR count). The predicted molar refractivity (Wildman–Crippen MR) is 100 cm³/mol. The van der Waals surface area contributed by atoms with Crippen molar-refractivity contribution in [3.8, 4) is 5.69 Å². The summed E-state index contributed by atoms with van der Waals surface area (Å²) >= 11 is 6.95. The van der Waals surface area contributed by atoms with Crippen molar-refractivity contribution in [2.45, 2.75) is 12.5 Å². The fourth-order valence-electron chi connectivity index (χ4n) is 2.96. The largest absolute Gasteiger partial charge is 0.325 e. The van der Waals surface area contributed by atoms with Crippen molar-refractivity contribution in [1.29, 1.82) is 0 Å². The SMILES string of the molecule is CC1(c2cccc(-n3cnnn3)c2)NC(=O)N(CC(=O)c2ccc(Cl)s2)C1=O. The van der Waals surface area contributed by atoms with Crippen LogP contribution in [0.5, 0.6) is 0 Å². The number of tetrazole rings is 1. The maximum atomic E-state index is 13.0. The standard InChI is InChI=1S/C17H13ClN6O3S/c1-17(10-3-2-4-11(7-10)24-9-19-21-22-24)15(26)23(16(27)20-17)8-12(25)13-5-6-14(18)28-13/h2-7,9H,8H2,1H3,(H,20,27). The van der Waals surface area contributed by atoms with E-state index in [-0.39, 0.29) is 12.3 Å². The molecule has 11 heteroatoms. The molecule has 3 aromatic rings. The Bertz CT molecular complexity index is 1080. The molecular weight excluding hydrogens is 404 g/mol. The van der Waals surface area contributed by atoms with E-state index in [1.807, 2.05) is 0 Å². The molecule has 1 aromatic carbocycles. The van der Waals surface area contributed by atoms with E-state index in [1.54, 1.807) is 43.3 Å². The quantitative estimate of drug-likeness (QED) is 0.503. The first-order chi connectivity index (χ1) is 13.4. The molecule has 1 saturated heterocycles. The number of Topliss-reactive ketones (excluding diaryl/α,β-unsaturated/α-hetero) is 1. The van der Waals surface area contributed by atoms with Gasteiger partial charge in [0.1, 0.15) is 11.9 Å². The van der Waals surface area contributed by atoms with Gasteiger partial charge < -0.3 is 5.32 Å². The highest BCUT2D eigenvalue weighted by Crippen LogP contribution is 2.30. The topological polar surface area (TPSA) is 110 Å².